The molecule has 0 aliphatic carbocycles. The number of carboxylic acid groups (broad SMARTS) is 1. The maximum atomic E-state index is 13.3. The number of nitrogens with zero attached hydrogens (tertiary/aromatic N) is 1. The van der Waals surface area contributed by atoms with E-state index in [9.17, 15) is 18.0 Å². The molecule has 0 unspecified atom stereocenters. The van der Waals surface area contributed by atoms with Gasteiger partial charge >= 0.3 is 11.9 Å². The number of hydrogen-bond donors (Lipinski definition) is 1. The number of fused-ring (bicyclic) bond motifs is 1. The number of carboxylic acids is 1. The van der Waals surface area contributed by atoms with Crippen molar-refractivity contribution >= 4 is 44.5 Å². The predicted molar refractivity (Wildman–Crippen MR) is 139 cm³/mol. The third-order valence-corrected chi connectivity index (χ3v) is 6.73. The molecule has 0 aliphatic rings. The highest BCUT2D eigenvalue weighted by atomic mass is 35.5. The molecule has 0 spiro atoms. The van der Waals surface area contributed by atoms with Gasteiger partial charge in [-0.05, 0) is 43.3 Å². The van der Waals surface area contributed by atoms with Gasteiger partial charge in [-0.3, -0.25) is 0 Å². The molecule has 0 saturated heterocycles. The van der Waals surface area contributed by atoms with E-state index < -0.39 is 22.0 Å². The Labute approximate surface area is 220 Å². The Hall–Kier alpha value is -3.36. The molecule has 0 bridgehead atoms. The van der Waals surface area contributed by atoms with Gasteiger partial charge in [-0.1, -0.05) is 29.8 Å². The van der Waals surface area contributed by atoms with E-state index in [4.69, 9.17) is 32.6 Å². The van der Waals surface area contributed by atoms with Gasteiger partial charge in [0.15, 0.2) is 0 Å². The molecule has 0 radical (unpaired) electrons. The number of aliphatic carboxylic acids is 1. The number of carbonyl (C=O) groups excluding carboxylic acids is 1. The van der Waals surface area contributed by atoms with Crippen LogP contribution in [-0.4, -0.2) is 62.5 Å². The molecule has 1 aromatic heterocycles. The minimum atomic E-state index is -3.80. The number of terminal acetylenes is 1. The second-order valence-electron chi connectivity index (χ2n) is 7.43. The lowest BCUT2D eigenvalue weighted by Gasteiger charge is -2.12. The largest absolute Gasteiger partial charge is 0.480 e. The van der Waals surface area contributed by atoms with Crippen LogP contribution >= 0.6 is 11.6 Å². The minimum Gasteiger partial charge on any atom is -0.480 e. The van der Waals surface area contributed by atoms with E-state index in [2.05, 4.69) is 10.7 Å². The highest BCUT2D eigenvalue weighted by molar-refractivity contribution is 7.90. The average Bonchev–Trinajstić information content (AvgIpc) is 3.23. The molecule has 11 heteroatoms. The van der Waals surface area contributed by atoms with Crippen LogP contribution in [0.3, 0.4) is 0 Å². The molecule has 0 fully saturated rings. The van der Waals surface area contributed by atoms with Crippen molar-refractivity contribution in [3.63, 3.8) is 0 Å². The summed E-state index contributed by atoms with van der Waals surface area (Å²) in [5, 5.41) is 9.27. The quantitative estimate of drug-likeness (QED) is 0.206. The topological polar surface area (TPSA) is 121 Å². The first-order valence-electron chi connectivity index (χ1n) is 11.3. The molecule has 1 heterocycles. The van der Waals surface area contributed by atoms with Crippen LogP contribution in [0, 0.1) is 12.3 Å². The SMILES string of the molecule is C#CCCOCC(=O)O.CCOC(=O)COCCc1cc2cc(Cl)ccc2n1S(=O)(=O)c1ccccc1. The molecule has 1 N–H and O–H groups in total. The predicted octanol–water partition coefficient (Wildman–Crippen LogP) is 3.76. The van der Waals surface area contributed by atoms with Crippen LogP contribution in [0.2, 0.25) is 5.02 Å². The third kappa shape index (κ3) is 9.22. The monoisotopic (exact) mass is 549 g/mol. The van der Waals surface area contributed by atoms with Crippen molar-refractivity contribution in [3.05, 3.63) is 65.3 Å². The van der Waals surface area contributed by atoms with Crippen molar-refractivity contribution in [2.75, 3.05) is 33.0 Å². The highest BCUT2D eigenvalue weighted by Crippen LogP contribution is 2.28. The van der Waals surface area contributed by atoms with Crippen LogP contribution < -0.4 is 0 Å². The molecule has 0 saturated carbocycles. The summed E-state index contributed by atoms with van der Waals surface area (Å²) in [5.74, 6) is 0.906. The Morgan fingerprint density at radius 3 is 2.41 bits per heavy atom. The van der Waals surface area contributed by atoms with Crippen molar-refractivity contribution in [1.82, 2.24) is 3.97 Å². The van der Waals surface area contributed by atoms with Crippen molar-refractivity contribution < 1.29 is 37.3 Å². The van der Waals surface area contributed by atoms with Crippen molar-refractivity contribution in [2.24, 2.45) is 0 Å². The van der Waals surface area contributed by atoms with Crippen molar-refractivity contribution in [3.8, 4) is 12.3 Å². The van der Waals surface area contributed by atoms with Crippen LogP contribution in [0.5, 0.6) is 0 Å². The van der Waals surface area contributed by atoms with E-state index in [1.807, 2.05) is 0 Å². The Bertz CT molecular complexity index is 1330. The lowest BCUT2D eigenvalue weighted by Crippen LogP contribution is -2.18. The number of carbonyl (C=O) groups is 2. The van der Waals surface area contributed by atoms with E-state index >= 15 is 0 Å². The van der Waals surface area contributed by atoms with Crippen LogP contribution in [0.1, 0.15) is 19.0 Å². The standard InChI is InChI=1S/C20H20ClNO5S.C6H8O3/c1-2-27-20(23)14-26-11-10-17-13-15-12-16(21)8-9-19(15)22(17)28(24,25)18-6-4-3-5-7-18;1-2-3-4-9-5-6(7)8/h3-9,12-13H,2,10-11,14H2,1H3;1H,3-5H2,(H,7,8). The first-order valence-corrected chi connectivity index (χ1v) is 13.1. The van der Waals surface area contributed by atoms with Gasteiger partial charge in [-0.2, -0.15) is 0 Å². The fraction of sp³-hybridized carbons (Fsp3) is 0.308. The molecule has 2 aromatic carbocycles. The second-order valence-corrected chi connectivity index (χ2v) is 9.65. The number of halogens is 1. The average molecular weight is 550 g/mol. The minimum absolute atomic E-state index is 0.174. The Morgan fingerprint density at radius 2 is 1.76 bits per heavy atom. The number of esters is 1. The van der Waals surface area contributed by atoms with Gasteiger partial charge in [0.25, 0.3) is 10.0 Å². The zero-order chi connectivity index (χ0) is 27.3. The first kappa shape index (κ1) is 29.9. The van der Waals surface area contributed by atoms with Crippen molar-refractivity contribution in [2.45, 2.75) is 24.7 Å². The fourth-order valence-corrected chi connectivity index (χ4v) is 4.97. The molecular formula is C26H28ClNO8S. The van der Waals surface area contributed by atoms with Gasteiger partial charge in [-0.15, -0.1) is 12.3 Å². The van der Waals surface area contributed by atoms with Crippen molar-refractivity contribution in [1.29, 1.82) is 0 Å². The Balaban J connectivity index is 0.000000458. The third-order valence-electron chi connectivity index (χ3n) is 4.72. The van der Waals surface area contributed by atoms with Gasteiger partial charge in [0.2, 0.25) is 0 Å². The van der Waals surface area contributed by atoms with Gasteiger partial charge < -0.3 is 19.3 Å². The lowest BCUT2D eigenvalue weighted by atomic mass is 10.2. The molecule has 0 aliphatic heterocycles. The zero-order valence-corrected chi connectivity index (χ0v) is 21.8. The summed E-state index contributed by atoms with van der Waals surface area (Å²) in [5.41, 5.74) is 1.08. The van der Waals surface area contributed by atoms with E-state index in [0.29, 0.717) is 41.1 Å². The van der Waals surface area contributed by atoms with Gasteiger partial charge in [-0.25, -0.2) is 22.0 Å². The molecule has 9 nitrogen and oxygen atoms in total. The highest BCUT2D eigenvalue weighted by Gasteiger charge is 2.23. The number of aromatic nitrogens is 1. The van der Waals surface area contributed by atoms with Crippen LogP contribution in [0.4, 0.5) is 0 Å². The van der Waals surface area contributed by atoms with Crippen LogP contribution in [-0.2, 0) is 40.2 Å². The second kappa shape index (κ2) is 15.0. The summed E-state index contributed by atoms with van der Waals surface area (Å²) in [6, 6.07) is 15.1. The summed E-state index contributed by atoms with van der Waals surface area (Å²) >= 11 is 6.07. The van der Waals surface area contributed by atoms with E-state index in [0.717, 1.165) is 0 Å². The smallest absolute Gasteiger partial charge is 0.332 e. The molecular weight excluding hydrogens is 522 g/mol. The number of benzene rings is 2. The number of ether oxygens (including phenoxy) is 3. The van der Waals surface area contributed by atoms with Crippen LogP contribution in [0.15, 0.2) is 59.5 Å². The normalized spacial score (nSPS) is 10.8. The van der Waals surface area contributed by atoms with Gasteiger partial charge in [0.1, 0.15) is 13.2 Å². The number of rotatable bonds is 12. The molecule has 37 heavy (non-hydrogen) atoms. The van der Waals surface area contributed by atoms with E-state index in [-0.39, 0.29) is 31.3 Å². The maximum Gasteiger partial charge on any atom is 0.332 e. The number of hydrogen-bond acceptors (Lipinski definition) is 7. The van der Waals surface area contributed by atoms with Gasteiger partial charge in [0.05, 0.1) is 30.2 Å². The fourth-order valence-electron chi connectivity index (χ4n) is 3.20. The maximum absolute atomic E-state index is 13.3. The summed E-state index contributed by atoms with van der Waals surface area (Å²) in [6.45, 7) is 2.06. The summed E-state index contributed by atoms with van der Waals surface area (Å²) in [4.78, 5) is 21.4. The summed E-state index contributed by atoms with van der Waals surface area (Å²) in [7, 11) is -3.80. The lowest BCUT2D eigenvalue weighted by molar-refractivity contribution is -0.148. The van der Waals surface area contributed by atoms with E-state index in [1.54, 1.807) is 61.5 Å². The zero-order valence-electron chi connectivity index (χ0n) is 20.3. The molecule has 0 atom stereocenters. The van der Waals surface area contributed by atoms with Gasteiger partial charge in [0, 0.05) is 28.9 Å². The molecule has 3 aromatic rings. The first-order chi connectivity index (χ1) is 17.7. The van der Waals surface area contributed by atoms with E-state index in [1.165, 1.54) is 3.97 Å². The van der Waals surface area contributed by atoms with Crippen LogP contribution in [0.25, 0.3) is 10.9 Å². The summed E-state index contributed by atoms with van der Waals surface area (Å²) < 4.78 is 42.6. The molecule has 0 amide bonds. The molecule has 198 valence electrons. The Kier molecular flexibility index (Phi) is 12.1. The summed E-state index contributed by atoms with van der Waals surface area (Å²) in [6.07, 6.45) is 5.64. The Morgan fingerprint density at radius 1 is 1.05 bits per heavy atom. The molecule has 3 rings (SSSR count).